The molecule has 0 atom stereocenters. The topological polar surface area (TPSA) is 78.3 Å². The van der Waals surface area contributed by atoms with E-state index in [4.69, 9.17) is 9.47 Å². The number of methoxy groups -OCH3 is 2. The molecule has 2 heterocycles. The second-order valence-electron chi connectivity index (χ2n) is 8.21. The molecule has 0 bridgehead atoms. The van der Waals surface area contributed by atoms with E-state index in [0.29, 0.717) is 22.9 Å². The summed E-state index contributed by atoms with van der Waals surface area (Å²) < 4.78 is 51.4. The van der Waals surface area contributed by atoms with E-state index in [2.05, 4.69) is 15.4 Å². The number of rotatable bonds is 6. The Morgan fingerprint density at radius 2 is 1.94 bits per heavy atom. The summed E-state index contributed by atoms with van der Waals surface area (Å²) in [5, 5.41) is 8.09. The van der Waals surface area contributed by atoms with Crippen molar-refractivity contribution in [3.63, 3.8) is 0 Å². The summed E-state index contributed by atoms with van der Waals surface area (Å²) in [4.78, 5) is 16.0. The second-order valence-corrected chi connectivity index (χ2v) is 8.21. The smallest absolute Gasteiger partial charge is 0.433 e. The Bertz CT molecular complexity index is 1140. The summed E-state index contributed by atoms with van der Waals surface area (Å²) >= 11 is 0. The zero-order valence-electron chi connectivity index (χ0n) is 18.4. The molecule has 4 rings (SSSR count). The highest BCUT2D eigenvalue weighted by molar-refractivity contribution is 6.05. The van der Waals surface area contributed by atoms with E-state index >= 15 is 0 Å². The van der Waals surface area contributed by atoms with Gasteiger partial charge in [-0.3, -0.25) is 9.48 Å². The number of carbonyl (C=O) groups is 1. The number of alkyl halides is 3. The van der Waals surface area contributed by atoms with Crippen molar-refractivity contribution in [1.82, 2.24) is 14.8 Å². The Morgan fingerprint density at radius 3 is 2.61 bits per heavy atom. The van der Waals surface area contributed by atoms with Gasteiger partial charge in [0.1, 0.15) is 17.1 Å². The van der Waals surface area contributed by atoms with Crippen molar-refractivity contribution >= 4 is 22.5 Å². The lowest BCUT2D eigenvalue weighted by Gasteiger charge is -2.28. The summed E-state index contributed by atoms with van der Waals surface area (Å²) in [6.07, 6.45) is 1.44. The van der Waals surface area contributed by atoms with Crippen LogP contribution in [-0.2, 0) is 10.9 Å². The fraction of sp³-hybridized carbons (Fsp3) is 0.435. The van der Waals surface area contributed by atoms with Gasteiger partial charge in [-0.2, -0.15) is 18.3 Å². The molecule has 10 heteroatoms. The molecule has 0 radical (unpaired) electrons. The molecule has 1 N–H and O–H groups in total. The van der Waals surface area contributed by atoms with Crippen molar-refractivity contribution in [3.8, 4) is 5.75 Å². The SMILES string of the molecule is COCC1CCC(n2cc3cc(NC(=O)c4cccc(C(F)(F)F)n4)c(OC)cc3n2)CC1. The molecule has 1 aliphatic carbocycles. The zero-order chi connectivity index (χ0) is 23.6. The molecule has 1 fully saturated rings. The molecule has 1 aliphatic rings. The van der Waals surface area contributed by atoms with Gasteiger partial charge in [0.15, 0.2) is 0 Å². The van der Waals surface area contributed by atoms with Gasteiger partial charge >= 0.3 is 6.18 Å². The van der Waals surface area contributed by atoms with Crippen LogP contribution in [0.4, 0.5) is 18.9 Å². The van der Waals surface area contributed by atoms with Gasteiger partial charge < -0.3 is 14.8 Å². The number of benzene rings is 1. The van der Waals surface area contributed by atoms with Gasteiger partial charge in [0, 0.05) is 31.4 Å². The molecule has 0 aliphatic heterocycles. The van der Waals surface area contributed by atoms with E-state index in [1.165, 1.54) is 13.2 Å². The molecule has 33 heavy (non-hydrogen) atoms. The minimum absolute atomic E-state index is 0.281. The lowest BCUT2D eigenvalue weighted by molar-refractivity contribution is -0.141. The fourth-order valence-corrected chi connectivity index (χ4v) is 4.24. The van der Waals surface area contributed by atoms with Crippen LogP contribution in [0, 0.1) is 5.92 Å². The van der Waals surface area contributed by atoms with Gasteiger partial charge in [-0.15, -0.1) is 0 Å². The number of aromatic nitrogens is 3. The van der Waals surface area contributed by atoms with Crippen molar-refractivity contribution in [3.05, 3.63) is 47.9 Å². The number of hydrogen-bond acceptors (Lipinski definition) is 5. The molecule has 1 aromatic carbocycles. The third kappa shape index (κ3) is 5.11. The van der Waals surface area contributed by atoms with Crippen molar-refractivity contribution < 1.29 is 27.4 Å². The van der Waals surface area contributed by atoms with Crippen LogP contribution in [-0.4, -0.2) is 41.5 Å². The minimum atomic E-state index is -4.63. The minimum Gasteiger partial charge on any atom is -0.494 e. The van der Waals surface area contributed by atoms with Crippen LogP contribution in [0.3, 0.4) is 0 Å². The molecule has 7 nitrogen and oxygen atoms in total. The Morgan fingerprint density at radius 1 is 1.18 bits per heavy atom. The summed E-state index contributed by atoms with van der Waals surface area (Å²) in [5.41, 5.74) is -0.423. The Balaban J connectivity index is 1.55. The first-order valence-electron chi connectivity index (χ1n) is 10.7. The van der Waals surface area contributed by atoms with Crippen LogP contribution in [0.1, 0.15) is 47.9 Å². The summed E-state index contributed by atoms with van der Waals surface area (Å²) in [7, 11) is 3.17. The first-order valence-corrected chi connectivity index (χ1v) is 10.7. The molecule has 3 aromatic rings. The first-order chi connectivity index (χ1) is 15.8. The first kappa shape index (κ1) is 23.0. The van der Waals surface area contributed by atoms with Crippen molar-refractivity contribution in [2.75, 3.05) is 26.1 Å². The number of hydrogen-bond donors (Lipinski definition) is 1. The highest BCUT2D eigenvalue weighted by atomic mass is 19.4. The van der Waals surface area contributed by atoms with Crippen LogP contribution in [0.15, 0.2) is 36.5 Å². The molecule has 0 saturated heterocycles. The maximum atomic E-state index is 12.9. The number of anilines is 1. The number of nitrogens with zero attached hydrogens (tertiary/aromatic N) is 3. The number of ether oxygens (including phenoxy) is 2. The summed E-state index contributed by atoms with van der Waals surface area (Å²) in [6, 6.07) is 6.89. The van der Waals surface area contributed by atoms with Crippen LogP contribution in [0.2, 0.25) is 0 Å². The predicted octanol–water partition coefficient (Wildman–Crippen LogP) is 5.09. The van der Waals surface area contributed by atoms with Crippen LogP contribution < -0.4 is 10.1 Å². The quantitative estimate of drug-likeness (QED) is 0.552. The van der Waals surface area contributed by atoms with Gasteiger partial charge in [0.05, 0.1) is 24.4 Å². The molecule has 0 spiro atoms. The van der Waals surface area contributed by atoms with Crippen molar-refractivity contribution in [2.45, 2.75) is 37.9 Å². The summed E-state index contributed by atoms with van der Waals surface area (Å²) in [6.45, 7) is 0.773. The Hall–Kier alpha value is -3.14. The monoisotopic (exact) mass is 462 g/mol. The van der Waals surface area contributed by atoms with Crippen molar-refractivity contribution in [2.24, 2.45) is 5.92 Å². The average Bonchev–Trinajstić information content (AvgIpc) is 3.21. The van der Waals surface area contributed by atoms with E-state index < -0.39 is 17.8 Å². The van der Waals surface area contributed by atoms with Gasteiger partial charge in [-0.1, -0.05) is 6.07 Å². The largest absolute Gasteiger partial charge is 0.494 e. The molecular weight excluding hydrogens is 437 g/mol. The average molecular weight is 462 g/mol. The third-order valence-corrected chi connectivity index (χ3v) is 5.96. The highest BCUT2D eigenvalue weighted by Gasteiger charge is 2.33. The maximum absolute atomic E-state index is 12.9. The summed E-state index contributed by atoms with van der Waals surface area (Å²) in [5.74, 6) is 0.169. The van der Waals surface area contributed by atoms with Gasteiger partial charge in [0.2, 0.25) is 0 Å². The third-order valence-electron chi connectivity index (χ3n) is 5.96. The number of carbonyl (C=O) groups excluding carboxylic acids is 1. The van der Waals surface area contributed by atoms with Crippen LogP contribution in [0.5, 0.6) is 5.75 Å². The number of amides is 1. The lowest BCUT2D eigenvalue weighted by atomic mass is 9.86. The Kier molecular flexibility index (Phi) is 6.55. The Labute approximate surface area is 188 Å². The van der Waals surface area contributed by atoms with E-state index in [0.717, 1.165) is 49.8 Å². The normalized spacial score (nSPS) is 18.9. The molecule has 2 aromatic heterocycles. The van der Waals surface area contributed by atoms with E-state index in [9.17, 15) is 18.0 Å². The maximum Gasteiger partial charge on any atom is 0.433 e. The number of fused-ring (bicyclic) bond motifs is 1. The molecule has 176 valence electrons. The van der Waals surface area contributed by atoms with Gasteiger partial charge in [0.25, 0.3) is 5.91 Å². The number of nitrogens with one attached hydrogen (secondary N) is 1. The zero-order valence-corrected chi connectivity index (χ0v) is 18.4. The molecule has 0 unspecified atom stereocenters. The van der Waals surface area contributed by atoms with E-state index in [-0.39, 0.29) is 11.7 Å². The van der Waals surface area contributed by atoms with Crippen LogP contribution in [0.25, 0.3) is 10.9 Å². The van der Waals surface area contributed by atoms with Crippen LogP contribution >= 0.6 is 0 Å². The molecular formula is C23H25F3N4O3. The number of halogens is 3. The molecule has 1 amide bonds. The fourth-order valence-electron chi connectivity index (χ4n) is 4.24. The molecule has 1 saturated carbocycles. The highest BCUT2D eigenvalue weighted by Crippen LogP contribution is 2.35. The predicted molar refractivity (Wildman–Crippen MR) is 116 cm³/mol. The lowest BCUT2D eigenvalue weighted by Crippen LogP contribution is -2.21. The standard InChI is InChI=1S/C23H25F3N4O3/c1-32-13-14-6-8-16(9-7-14)30-12-15-10-19(20(33-2)11-18(15)29-30)28-22(31)17-4-3-5-21(27-17)23(24,25)26/h3-5,10-12,14,16H,6-9,13H2,1-2H3,(H,28,31). The van der Waals surface area contributed by atoms with Gasteiger partial charge in [-0.25, -0.2) is 4.98 Å². The second kappa shape index (κ2) is 9.38. The van der Waals surface area contributed by atoms with E-state index in [1.807, 2.05) is 10.9 Å². The van der Waals surface area contributed by atoms with E-state index in [1.54, 1.807) is 19.2 Å². The van der Waals surface area contributed by atoms with Crippen molar-refractivity contribution in [1.29, 1.82) is 0 Å². The van der Waals surface area contributed by atoms with Gasteiger partial charge in [-0.05, 0) is 49.8 Å². The number of pyridine rings is 1.